The van der Waals surface area contributed by atoms with E-state index in [0.717, 1.165) is 5.56 Å². The van der Waals surface area contributed by atoms with Crippen LogP contribution in [0.4, 0.5) is 5.69 Å². The lowest BCUT2D eigenvalue weighted by molar-refractivity contribution is -0.123. The van der Waals surface area contributed by atoms with Crippen molar-refractivity contribution in [2.45, 2.75) is 25.9 Å². The molecule has 8 nitrogen and oxygen atoms in total. The van der Waals surface area contributed by atoms with Crippen LogP contribution < -0.4 is 9.64 Å². The molecule has 0 spiro atoms. The molecule has 0 unspecified atom stereocenters. The van der Waals surface area contributed by atoms with E-state index in [1.54, 1.807) is 11.7 Å². The summed E-state index contributed by atoms with van der Waals surface area (Å²) in [5.74, 6) is -0.101. The highest BCUT2D eigenvalue weighted by molar-refractivity contribution is 6.05. The smallest absolute Gasteiger partial charge is 0.275 e. The lowest BCUT2D eigenvalue weighted by Crippen LogP contribution is -2.54. The van der Waals surface area contributed by atoms with Gasteiger partial charge in [-0.3, -0.25) is 19.1 Å². The maximum atomic E-state index is 13.5. The minimum Gasteiger partial charge on any atom is -0.489 e. The summed E-state index contributed by atoms with van der Waals surface area (Å²) < 4.78 is 7.51. The van der Waals surface area contributed by atoms with Crippen LogP contribution >= 0.6 is 0 Å². The number of carbonyl (C=O) groups excluding carboxylic acids is 3. The Balaban J connectivity index is 1.47. The second-order valence-corrected chi connectivity index (χ2v) is 8.32. The van der Waals surface area contributed by atoms with E-state index >= 15 is 0 Å². The second-order valence-electron chi connectivity index (χ2n) is 8.32. The zero-order valence-corrected chi connectivity index (χ0v) is 18.5. The number of Topliss-reactive ketones (excluding diaryl/α,β-unsaturated/α-hetero) is 1. The number of hydrogen-bond acceptors (Lipinski definition) is 5. The molecule has 1 atom stereocenters. The van der Waals surface area contributed by atoms with Gasteiger partial charge in [0.25, 0.3) is 11.8 Å². The highest BCUT2D eigenvalue weighted by atomic mass is 16.5. The molecule has 8 heteroatoms. The van der Waals surface area contributed by atoms with E-state index in [1.165, 1.54) is 16.7 Å². The van der Waals surface area contributed by atoms with Crippen molar-refractivity contribution in [3.05, 3.63) is 77.1 Å². The number of ether oxygens (including phenoxy) is 1. The number of nitrogens with zero attached hydrogens (tertiary/aromatic N) is 4. The Bertz CT molecular complexity index is 1250. The molecule has 0 bridgehead atoms. The highest BCUT2D eigenvalue weighted by Crippen LogP contribution is 2.32. The number of aromatic nitrogens is 2. The summed E-state index contributed by atoms with van der Waals surface area (Å²) in [4.78, 5) is 42.3. The van der Waals surface area contributed by atoms with Crippen LogP contribution in [0.5, 0.6) is 5.75 Å². The maximum Gasteiger partial charge on any atom is 0.275 e. The Hall–Kier alpha value is -3.94. The molecule has 5 rings (SSSR count). The number of amides is 2. The van der Waals surface area contributed by atoms with Crippen LogP contribution in [0.25, 0.3) is 0 Å². The van der Waals surface area contributed by atoms with Crippen molar-refractivity contribution in [2.24, 2.45) is 0 Å². The fraction of sp³-hybridized carbons (Fsp3) is 0.280. The number of hydrogen-bond donors (Lipinski definition) is 0. The maximum absolute atomic E-state index is 13.5. The van der Waals surface area contributed by atoms with Crippen LogP contribution in [0.15, 0.2) is 54.6 Å². The number of carbonyl (C=O) groups is 3. The average Bonchev–Trinajstić information content (AvgIpc) is 3.14. The summed E-state index contributed by atoms with van der Waals surface area (Å²) >= 11 is 0. The standard InChI is InChI=1S/C25H24N4O4/c1-16(30)23-18-12-13-28(20-15-33-21-11-7-6-10-19(21)27(2)24(20)31)25(32)22(18)26-29(23)14-17-8-4-3-5-9-17/h3-11,20H,12-15H2,1-2H3/t20-/m0/s1. The van der Waals surface area contributed by atoms with Gasteiger partial charge in [0, 0.05) is 26.1 Å². The lowest BCUT2D eigenvalue weighted by atomic mass is 10.00. The Morgan fingerprint density at radius 2 is 1.82 bits per heavy atom. The van der Waals surface area contributed by atoms with E-state index in [4.69, 9.17) is 4.74 Å². The quantitative estimate of drug-likeness (QED) is 0.578. The number of anilines is 1. The Morgan fingerprint density at radius 3 is 2.58 bits per heavy atom. The van der Waals surface area contributed by atoms with Crippen molar-refractivity contribution in [3.8, 4) is 5.75 Å². The van der Waals surface area contributed by atoms with Gasteiger partial charge in [0.05, 0.1) is 12.2 Å². The third kappa shape index (κ3) is 3.57. The van der Waals surface area contributed by atoms with Gasteiger partial charge in [0.2, 0.25) is 0 Å². The van der Waals surface area contributed by atoms with Gasteiger partial charge in [-0.2, -0.15) is 5.10 Å². The van der Waals surface area contributed by atoms with Crippen molar-refractivity contribution in [1.82, 2.24) is 14.7 Å². The summed E-state index contributed by atoms with van der Waals surface area (Å²) in [5.41, 5.74) is 2.99. The molecular weight excluding hydrogens is 420 g/mol. The molecule has 0 saturated heterocycles. The summed E-state index contributed by atoms with van der Waals surface area (Å²) in [5, 5.41) is 4.54. The van der Waals surface area contributed by atoms with Crippen molar-refractivity contribution in [1.29, 1.82) is 0 Å². The molecule has 0 saturated carbocycles. The van der Waals surface area contributed by atoms with Crippen molar-refractivity contribution >= 4 is 23.3 Å². The number of fused-ring (bicyclic) bond motifs is 2. The number of para-hydroxylation sites is 2. The summed E-state index contributed by atoms with van der Waals surface area (Å²) in [6.07, 6.45) is 0.450. The molecule has 1 aromatic heterocycles. The average molecular weight is 444 g/mol. The van der Waals surface area contributed by atoms with Crippen LogP contribution in [-0.4, -0.2) is 58.5 Å². The molecule has 0 radical (unpaired) electrons. The molecule has 3 aromatic rings. The van der Waals surface area contributed by atoms with Gasteiger partial charge in [-0.15, -0.1) is 0 Å². The van der Waals surface area contributed by atoms with Gasteiger partial charge in [-0.1, -0.05) is 42.5 Å². The zero-order valence-electron chi connectivity index (χ0n) is 18.5. The van der Waals surface area contributed by atoms with Gasteiger partial charge in [0.15, 0.2) is 11.5 Å². The molecule has 2 aliphatic rings. The SMILES string of the molecule is CC(=O)c1c2c(nn1Cc1ccccc1)C(=O)N([C@H]1COc3ccccc3N(C)C1=O)CC2. The lowest BCUT2D eigenvalue weighted by Gasteiger charge is -2.33. The molecule has 0 N–H and O–H groups in total. The summed E-state index contributed by atoms with van der Waals surface area (Å²) in [7, 11) is 1.69. The number of benzene rings is 2. The molecule has 0 aliphatic carbocycles. The molecule has 33 heavy (non-hydrogen) atoms. The predicted molar refractivity (Wildman–Crippen MR) is 122 cm³/mol. The fourth-order valence-electron chi connectivity index (χ4n) is 4.60. The first-order valence-corrected chi connectivity index (χ1v) is 10.9. The summed E-state index contributed by atoms with van der Waals surface area (Å²) in [6.45, 7) is 2.25. The van der Waals surface area contributed by atoms with Gasteiger partial charge < -0.3 is 14.5 Å². The Labute approximate surface area is 191 Å². The minimum atomic E-state index is -0.775. The van der Waals surface area contributed by atoms with Crippen molar-refractivity contribution < 1.29 is 19.1 Å². The van der Waals surface area contributed by atoms with E-state index < -0.39 is 6.04 Å². The zero-order chi connectivity index (χ0) is 23.1. The van der Waals surface area contributed by atoms with Crippen molar-refractivity contribution in [3.63, 3.8) is 0 Å². The number of likely N-dealkylation sites (N-methyl/N-ethyl adjacent to an activating group) is 1. The first kappa shape index (κ1) is 20.9. The molecule has 0 fully saturated rings. The van der Waals surface area contributed by atoms with E-state index in [0.29, 0.717) is 42.2 Å². The molecule has 2 aliphatic heterocycles. The van der Waals surface area contributed by atoms with Crippen LogP contribution in [-0.2, 0) is 17.8 Å². The molecule has 2 aromatic carbocycles. The normalized spacial score (nSPS) is 17.8. The molecular formula is C25H24N4O4. The largest absolute Gasteiger partial charge is 0.489 e. The van der Waals surface area contributed by atoms with E-state index in [2.05, 4.69) is 5.10 Å². The first-order valence-electron chi connectivity index (χ1n) is 10.9. The predicted octanol–water partition coefficient (Wildman–Crippen LogP) is 2.56. The van der Waals surface area contributed by atoms with Gasteiger partial charge in [-0.25, -0.2) is 0 Å². The second kappa shape index (κ2) is 8.20. The topological polar surface area (TPSA) is 84.7 Å². The van der Waals surface area contributed by atoms with Gasteiger partial charge >= 0.3 is 0 Å². The van der Waals surface area contributed by atoms with Crippen LogP contribution in [0.2, 0.25) is 0 Å². The molecule has 2 amide bonds. The molecule has 168 valence electrons. The van der Waals surface area contributed by atoms with Gasteiger partial charge in [-0.05, 0) is 24.1 Å². The third-order valence-electron chi connectivity index (χ3n) is 6.24. The Morgan fingerprint density at radius 1 is 1.09 bits per heavy atom. The monoisotopic (exact) mass is 444 g/mol. The van der Waals surface area contributed by atoms with Crippen LogP contribution in [0.3, 0.4) is 0 Å². The highest BCUT2D eigenvalue weighted by Gasteiger charge is 2.41. The third-order valence-corrected chi connectivity index (χ3v) is 6.24. The first-order chi connectivity index (χ1) is 16.0. The summed E-state index contributed by atoms with van der Waals surface area (Å²) in [6, 6.07) is 16.2. The van der Waals surface area contributed by atoms with E-state index in [9.17, 15) is 14.4 Å². The number of rotatable bonds is 4. The van der Waals surface area contributed by atoms with Crippen LogP contribution in [0, 0.1) is 0 Å². The van der Waals surface area contributed by atoms with E-state index in [1.807, 2.05) is 54.6 Å². The Kier molecular flexibility index (Phi) is 5.20. The van der Waals surface area contributed by atoms with Crippen LogP contribution in [0.1, 0.15) is 39.0 Å². The van der Waals surface area contributed by atoms with E-state index in [-0.39, 0.29) is 29.9 Å². The fourth-order valence-corrected chi connectivity index (χ4v) is 4.60. The minimum absolute atomic E-state index is 0.0611. The number of ketones is 1. The van der Waals surface area contributed by atoms with Crippen molar-refractivity contribution in [2.75, 3.05) is 25.1 Å². The molecule has 3 heterocycles. The van der Waals surface area contributed by atoms with Gasteiger partial charge in [0.1, 0.15) is 24.1 Å².